The number of anilines is 2. The van der Waals surface area contributed by atoms with E-state index in [0.29, 0.717) is 45.2 Å². The highest BCUT2D eigenvalue weighted by Gasteiger charge is 2.36. The number of aromatic nitrogens is 3. The molecule has 178 valence electrons. The molecule has 3 heterocycles. The normalized spacial score (nSPS) is 14.8. The number of fused-ring (bicyclic) bond motifs is 1. The van der Waals surface area contributed by atoms with Crippen LogP contribution in [-0.4, -0.2) is 34.9 Å². The van der Waals surface area contributed by atoms with E-state index in [0.717, 1.165) is 11.1 Å². The van der Waals surface area contributed by atoms with Gasteiger partial charge in [-0.3, -0.25) is 4.79 Å². The van der Waals surface area contributed by atoms with Crippen LogP contribution >= 0.6 is 11.6 Å². The van der Waals surface area contributed by atoms with Crippen molar-refractivity contribution in [3.05, 3.63) is 83.2 Å². The fourth-order valence-electron chi connectivity index (χ4n) is 4.08. The van der Waals surface area contributed by atoms with Gasteiger partial charge in [0.15, 0.2) is 0 Å². The van der Waals surface area contributed by atoms with Gasteiger partial charge in [0.2, 0.25) is 5.95 Å². The SMILES string of the molecule is COc1ccc(OC)c(NC(=O)C2=C(C)Nc3ncnn3[C@H]2c2cc(-c3ccccc3Cl)co2)c1. The molecule has 2 N–H and O–H groups in total. The van der Waals surface area contributed by atoms with Crippen molar-refractivity contribution in [3.8, 4) is 22.6 Å². The molecule has 2 aromatic carbocycles. The number of nitrogens with one attached hydrogen (secondary N) is 2. The third-order valence-corrected chi connectivity index (χ3v) is 6.10. The van der Waals surface area contributed by atoms with E-state index in [-0.39, 0.29) is 5.91 Å². The predicted octanol–water partition coefficient (Wildman–Crippen LogP) is 5.14. The lowest BCUT2D eigenvalue weighted by Crippen LogP contribution is -2.31. The molecule has 0 unspecified atom stereocenters. The van der Waals surface area contributed by atoms with E-state index in [4.69, 9.17) is 25.5 Å². The van der Waals surface area contributed by atoms with Crippen LogP contribution in [0.1, 0.15) is 18.7 Å². The monoisotopic (exact) mass is 491 g/mol. The number of halogens is 1. The number of nitrogens with zero attached hydrogens (tertiary/aromatic N) is 3. The van der Waals surface area contributed by atoms with Crippen LogP contribution in [-0.2, 0) is 4.79 Å². The molecule has 0 spiro atoms. The molecular formula is C25H22ClN5O4. The Morgan fingerprint density at radius 3 is 2.77 bits per heavy atom. The molecule has 10 heteroatoms. The molecule has 1 aliphatic heterocycles. The van der Waals surface area contributed by atoms with Crippen LogP contribution in [0, 0.1) is 0 Å². The Labute approximate surface area is 206 Å². The summed E-state index contributed by atoms with van der Waals surface area (Å²) in [6.07, 6.45) is 3.04. The summed E-state index contributed by atoms with van der Waals surface area (Å²) in [6.45, 7) is 1.81. The zero-order valence-corrected chi connectivity index (χ0v) is 20.0. The minimum absolute atomic E-state index is 0.358. The van der Waals surface area contributed by atoms with Gasteiger partial charge in [-0.05, 0) is 31.2 Å². The Kier molecular flexibility index (Phi) is 5.92. The average molecular weight is 492 g/mol. The summed E-state index contributed by atoms with van der Waals surface area (Å²) in [4.78, 5) is 17.9. The molecule has 0 saturated heterocycles. The molecule has 0 aliphatic carbocycles. The predicted molar refractivity (Wildman–Crippen MR) is 132 cm³/mol. The van der Waals surface area contributed by atoms with Crippen molar-refractivity contribution >= 4 is 29.1 Å². The third-order valence-electron chi connectivity index (χ3n) is 5.77. The second-order valence-corrected chi connectivity index (χ2v) is 8.24. The van der Waals surface area contributed by atoms with E-state index in [2.05, 4.69) is 20.7 Å². The summed E-state index contributed by atoms with van der Waals surface area (Å²) in [7, 11) is 3.09. The lowest BCUT2D eigenvalue weighted by atomic mass is 9.98. The van der Waals surface area contributed by atoms with Gasteiger partial charge in [-0.25, -0.2) is 4.68 Å². The molecule has 0 fully saturated rings. The summed E-state index contributed by atoms with van der Waals surface area (Å²) in [6, 6.07) is 13.9. The van der Waals surface area contributed by atoms with Gasteiger partial charge in [-0.2, -0.15) is 10.1 Å². The quantitative estimate of drug-likeness (QED) is 0.385. The second kappa shape index (κ2) is 9.19. The molecule has 0 bridgehead atoms. The van der Waals surface area contributed by atoms with Gasteiger partial charge < -0.3 is 24.5 Å². The number of benzene rings is 2. The number of rotatable bonds is 6. The molecule has 1 aliphatic rings. The van der Waals surface area contributed by atoms with Crippen LogP contribution in [0.4, 0.5) is 11.6 Å². The Balaban J connectivity index is 1.55. The third kappa shape index (κ3) is 4.10. The van der Waals surface area contributed by atoms with E-state index in [1.807, 2.05) is 30.3 Å². The van der Waals surface area contributed by atoms with E-state index in [1.165, 1.54) is 13.4 Å². The Bertz CT molecular complexity index is 1440. The van der Waals surface area contributed by atoms with Crippen molar-refractivity contribution in [2.24, 2.45) is 0 Å². The zero-order chi connectivity index (χ0) is 24.5. The molecule has 0 saturated carbocycles. The fraction of sp³-hybridized carbons (Fsp3) is 0.160. The minimum atomic E-state index is -0.665. The molecule has 5 rings (SSSR count). The summed E-state index contributed by atoms with van der Waals surface area (Å²) < 4.78 is 18.3. The van der Waals surface area contributed by atoms with E-state index in [1.54, 1.807) is 43.2 Å². The molecule has 0 radical (unpaired) electrons. The van der Waals surface area contributed by atoms with Crippen LogP contribution in [0.3, 0.4) is 0 Å². The molecule has 2 aromatic heterocycles. The van der Waals surface area contributed by atoms with Gasteiger partial charge in [0.05, 0.1) is 31.7 Å². The maximum Gasteiger partial charge on any atom is 0.256 e. The van der Waals surface area contributed by atoms with Crippen molar-refractivity contribution in [1.29, 1.82) is 0 Å². The van der Waals surface area contributed by atoms with Crippen LogP contribution in [0.2, 0.25) is 5.02 Å². The Morgan fingerprint density at radius 2 is 2.00 bits per heavy atom. The number of carbonyl (C=O) groups is 1. The lowest BCUT2D eigenvalue weighted by Gasteiger charge is -2.27. The Hall–Kier alpha value is -4.24. The first kappa shape index (κ1) is 22.5. The molecule has 1 amide bonds. The molecular weight excluding hydrogens is 470 g/mol. The van der Waals surface area contributed by atoms with Gasteiger partial charge in [0.25, 0.3) is 5.91 Å². The van der Waals surface area contributed by atoms with Gasteiger partial charge in [-0.1, -0.05) is 29.8 Å². The number of hydrogen-bond acceptors (Lipinski definition) is 7. The molecule has 1 atom stereocenters. The van der Waals surface area contributed by atoms with Gasteiger partial charge in [-0.15, -0.1) is 0 Å². The first-order chi connectivity index (χ1) is 17.0. The van der Waals surface area contributed by atoms with E-state index in [9.17, 15) is 4.79 Å². The van der Waals surface area contributed by atoms with Crippen molar-refractivity contribution in [2.45, 2.75) is 13.0 Å². The standard InChI is InChI=1S/C25H22ClN5O4/c1-14-22(24(32)30-19-11-16(33-2)8-9-20(19)34-3)23(31-25(29-14)27-13-28-31)21-10-15(12-35-21)17-6-4-5-7-18(17)26/h4-13,23H,1-3H3,(H,30,32)(H,27,28,29)/t23-/m0/s1. The number of ether oxygens (including phenoxy) is 2. The number of furan rings is 1. The highest BCUT2D eigenvalue weighted by Crippen LogP contribution is 2.39. The van der Waals surface area contributed by atoms with Crippen LogP contribution in [0.5, 0.6) is 11.5 Å². The van der Waals surface area contributed by atoms with Crippen LogP contribution < -0.4 is 20.1 Å². The number of methoxy groups -OCH3 is 2. The largest absolute Gasteiger partial charge is 0.497 e. The second-order valence-electron chi connectivity index (χ2n) is 7.83. The number of carbonyl (C=O) groups excluding carboxylic acids is 1. The van der Waals surface area contributed by atoms with Crippen molar-refractivity contribution in [1.82, 2.24) is 14.8 Å². The first-order valence-corrected chi connectivity index (χ1v) is 11.1. The molecule has 9 nitrogen and oxygen atoms in total. The van der Waals surface area contributed by atoms with E-state index < -0.39 is 6.04 Å². The first-order valence-electron chi connectivity index (χ1n) is 10.7. The summed E-state index contributed by atoms with van der Waals surface area (Å²) >= 11 is 6.39. The molecule has 4 aromatic rings. The summed E-state index contributed by atoms with van der Waals surface area (Å²) in [5.41, 5.74) is 3.11. The molecule has 35 heavy (non-hydrogen) atoms. The number of amides is 1. The van der Waals surface area contributed by atoms with Crippen molar-refractivity contribution in [2.75, 3.05) is 24.9 Å². The minimum Gasteiger partial charge on any atom is -0.497 e. The fourth-order valence-corrected chi connectivity index (χ4v) is 4.33. The highest BCUT2D eigenvalue weighted by atomic mass is 35.5. The smallest absolute Gasteiger partial charge is 0.256 e. The van der Waals surface area contributed by atoms with E-state index >= 15 is 0 Å². The van der Waals surface area contributed by atoms with Gasteiger partial charge in [0, 0.05) is 27.9 Å². The maximum atomic E-state index is 13.7. The summed E-state index contributed by atoms with van der Waals surface area (Å²) in [5, 5.41) is 11.0. The summed E-state index contributed by atoms with van der Waals surface area (Å²) in [5.74, 6) is 1.73. The van der Waals surface area contributed by atoms with Crippen LogP contribution in [0.25, 0.3) is 11.1 Å². The van der Waals surface area contributed by atoms with Crippen molar-refractivity contribution < 1.29 is 18.7 Å². The number of hydrogen-bond donors (Lipinski definition) is 2. The average Bonchev–Trinajstić information content (AvgIpc) is 3.53. The Morgan fingerprint density at radius 1 is 1.17 bits per heavy atom. The lowest BCUT2D eigenvalue weighted by molar-refractivity contribution is -0.113. The van der Waals surface area contributed by atoms with Crippen LogP contribution in [0.15, 0.2) is 76.8 Å². The zero-order valence-electron chi connectivity index (χ0n) is 19.2. The topological polar surface area (TPSA) is 103 Å². The van der Waals surface area contributed by atoms with Crippen molar-refractivity contribution in [3.63, 3.8) is 0 Å². The highest BCUT2D eigenvalue weighted by molar-refractivity contribution is 6.33. The number of allylic oxidation sites excluding steroid dienone is 1. The van der Waals surface area contributed by atoms with Gasteiger partial charge in [0.1, 0.15) is 29.6 Å². The van der Waals surface area contributed by atoms with Gasteiger partial charge >= 0.3 is 0 Å². The maximum absolute atomic E-state index is 13.7.